The van der Waals surface area contributed by atoms with Crippen molar-refractivity contribution < 1.29 is 5.11 Å². The van der Waals surface area contributed by atoms with Crippen LogP contribution in [0, 0.1) is 6.92 Å². The summed E-state index contributed by atoms with van der Waals surface area (Å²) in [6, 6.07) is 9.77. The van der Waals surface area contributed by atoms with Crippen LogP contribution in [0.5, 0.6) is 0 Å². The molecule has 5 heteroatoms. The van der Waals surface area contributed by atoms with Crippen molar-refractivity contribution in [1.82, 2.24) is 14.5 Å². The van der Waals surface area contributed by atoms with Crippen molar-refractivity contribution in [2.24, 2.45) is 0 Å². The van der Waals surface area contributed by atoms with Crippen molar-refractivity contribution in [3.05, 3.63) is 69.3 Å². The molecule has 1 aliphatic rings. The van der Waals surface area contributed by atoms with Crippen molar-refractivity contribution in [2.75, 3.05) is 13.6 Å². The lowest BCUT2D eigenvalue weighted by Crippen LogP contribution is -2.32. The summed E-state index contributed by atoms with van der Waals surface area (Å²) in [6.07, 6.45) is 2.55. The maximum absolute atomic E-state index is 11.7. The molecular formula is C21H25N3O2. The number of nitrogens with zero attached hydrogens (tertiary/aromatic N) is 2. The van der Waals surface area contributed by atoms with Gasteiger partial charge in [0, 0.05) is 48.4 Å². The van der Waals surface area contributed by atoms with E-state index in [0.29, 0.717) is 12.1 Å². The largest absolute Gasteiger partial charge is 0.384 e. The minimum Gasteiger partial charge on any atom is -0.384 e. The van der Waals surface area contributed by atoms with Crippen molar-refractivity contribution in [2.45, 2.75) is 39.0 Å². The Balaban J connectivity index is 1.85. The summed E-state index contributed by atoms with van der Waals surface area (Å²) in [7, 11) is 2.15. The number of hydrogen-bond acceptors (Lipinski definition) is 3. The van der Waals surface area contributed by atoms with Crippen LogP contribution in [-0.2, 0) is 25.1 Å². The van der Waals surface area contributed by atoms with E-state index < -0.39 is 5.60 Å². The number of likely N-dealkylation sites (N-methyl/N-ethyl adjacent to an activating group) is 1. The minimum absolute atomic E-state index is 0.195. The van der Waals surface area contributed by atoms with Crippen LogP contribution in [-0.4, -0.2) is 33.1 Å². The summed E-state index contributed by atoms with van der Waals surface area (Å²) < 4.78 is 2.25. The fourth-order valence-corrected chi connectivity index (χ4v) is 4.06. The van der Waals surface area contributed by atoms with Crippen LogP contribution in [0.25, 0.3) is 10.9 Å². The van der Waals surface area contributed by atoms with Crippen LogP contribution in [0.1, 0.15) is 29.3 Å². The summed E-state index contributed by atoms with van der Waals surface area (Å²) in [6.45, 7) is 6.26. The Hall–Kier alpha value is -2.37. The van der Waals surface area contributed by atoms with Gasteiger partial charge in [0.15, 0.2) is 0 Å². The van der Waals surface area contributed by atoms with Gasteiger partial charge in [-0.1, -0.05) is 11.6 Å². The van der Waals surface area contributed by atoms with Crippen LogP contribution < -0.4 is 5.56 Å². The smallest absolute Gasteiger partial charge is 0.248 e. The van der Waals surface area contributed by atoms with E-state index in [1.807, 2.05) is 0 Å². The van der Waals surface area contributed by atoms with E-state index in [4.69, 9.17) is 0 Å². The van der Waals surface area contributed by atoms with Gasteiger partial charge < -0.3 is 19.6 Å². The van der Waals surface area contributed by atoms with E-state index >= 15 is 0 Å². The Kier molecular flexibility index (Phi) is 4.01. The highest BCUT2D eigenvalue weighted by atomic mass is 16.3. The second kappa shape index (κ2) is 6.11. The molecule has 1 atom stereocenters. The van der Waals surface area contributed by atoms with Gasteiger partial charge >= 0.3 is 0 Å². The number of aromatic nitrogens is 2. The van der Waals surface area contributed by atoms with E-state index in [2.05, 4.69) is 46.6 Å². The Morgan fingerprint density at radius 2 is 2.08 bits per heavy atom. The highest BCUT2D eigenvalue weighted by molar-refractivity contribution is 5.86. The number of nitrogens with one attached hydrogen (secondary N) is 1. The van der Waals surface area contributed by atoms with Crippen molar-refractivity contribution in [3.63, 3.8) is 0 Å². The van der Waals surface area contributed by atoms with Crippen LogP contribution in [0.2, 0.25) is 0 Å². The van der Waals surface area contributed by atoms with Crippen molar-refractivity contribution >= 4 is 10.9 Å². The average Bonchev–Trinajstić information content (AvgIpc) is 2.87. The molecule has 0 radical (unpaired) electrons. The molecule has 0 amide bonds. The zero-order valence-corrected chi connectivity index (χ0v) is 15.5. The molecule has 0 saturated carbocycles. The number of aryl methyl sites for hydroxylation is 1. The summed E-state index contributed by atoms with van der Waals surface area (Å²) in [5, 5.41) is 12.4. The van der Waals surface area contributed by atoms with Crippen LogP contribution in [0.15, 0.2) is 41.3 Å². The fraction of sp³-hybridized carbons (Fsp3) is 0.381. The van der Waals surface area contributed by atoms with Crippen LogP contribution >= 0.6 is 0 Å². The van der Waals surface area contributed by atoms with E-state index in [0.717, 1.165) is 25.0 Å². The number of pyridine rings is 1. The molecule has 0 saturated heterocycles. The van der Waals surface area contributed by atoms with Gasteiger partial charge in [-0.2, -0.15) is 0 Å². The molecule has 1 unspecified atom stereocenters. The Morgan fingerprint density at radius 1 is 1.27 bits per heavy atom. The Bertz CT molecular complexity index is 1030. The Morgan fingerprint density at radius 3 is 2.85 bits per heavy atom. The minimum atomic E-state index is -1.12. The molecule has 1 aliphatic heterocycles. The van der Waals surface area contributed by atoms with Crippen LogP contribution in [0.3, 0.4) is 0 Å². The lowest BCUT2D eigenvalue weighted by Gasteiger charge is -2.28. The summed E-state index contributed by atoms with van der Waals surface area (Å²) in [5.41, 5.74) is 4.37. The molecule has 1 aromatic carbocycles. The number of aromatic amines is 1. The lowest BCUT2D eigenvalue weighted by atomic mass is 9.96. The topological polar surface area (TPSA) is 61.3 Å². The molecule has 0 fully saturated rings. The summed E-state index contributed by atoms with van der Waals surface area (Å²) in [4.78, 5) is 16.6. The highest BCUT2D eigenvalue weighted by Crippen LogP contribution is 2.34. The summed E-state index contributed by atoms with van der Waals surface area (Å²) in [5.74, 6) is 0. The van der Waals surface area contributed by atoms with Gasteiger partial charge in [-0.3, -0.25) is 4.79 Å². The van der Waals surface area contributed by atoms with Gasteiger partial charge in [-0.25, -0.2) is 0 Å². The zero-order chi connectivity index (χ0) is 18.5. The predicted octanol–water partition coefficient (Wildman–Crippen LogP) is 2.53. The second-order valence-electron chi connectivity index (χ2n) is 7.74. The third-order valence-corrected chi connectivity index (χ3v) is 5.46. The first-order valence-corrected chi connectivity index (χ1v) is 9.06. The Labute approximate surface area is 152 Å². The molecule has 2 N–H and O–H groups in total. The second-order valence-corrected chi connectivity index (χ2v) is 7.74. The molecular weight excluding hydrogens is 326 g/mol. The quantitative estimate of drug-likeness (QED) is 0.762. The first-order chi connectivity index (χ1) is 12.3. The zero-order valence-electron chi connectivity index (χ0n) is 15.5. The third kappa shape index (κ3) is 2.87. The van der Waals surface area contributed by atoms with Gasteiger partial charge in [0.2, 0.25) is 5.56 Å². The molecule has 2 aromatic heterocycles. The third-order valence-electron chi connectivity index (χ3n) is 5.46. The number of hydrogen-bond donors (Lipinski definition) is 2. The first kappa shape index (κ1) is 17.1. The highest BCUT2D eigenvalue weighted by Gasteiger charge is 2.29. The molecule has 0 aliphatic carbocycles. The number of aliphatic hydroxyl groups is 1. The SMILES string of the molecule is Cc1ccc2c(c1)c1c(n2CC(C)(O)c2cc[nH]c(=O)c2)CCN(C)C1. The first-order valence-electron chi connectivity index (χ1n) is 9.06. The van der Waals surface area contributed by atoms with E-state index in [1.54, 1.807) is 19.2 Å². The monoisotopic (exact) mass is 351 g/mol. The van der Waals surface area contributed by atoms with E-state index in [9.17, 15) is 9.90 Å². The van der Waals surface area contributed by atoms with Crippen molar-refractivity contribution in [1.29, 1.82) is 0 Å². The molecule has 3 heterocycles. The van der Waals surface area contributed by atoms with Gasteiger partial charge in [0.25, 0.3) is 0 Å². The summed E-state index contributed by atoms with van der Waals surface area (Å²) >= 11 is 0. The predicted molar refractivity (Wildman–Crippen MR) is 103 cm³/mol. The van der Waals surface area contributed by atoms with Gasteiger partial charge in [-0.05, 0) is 50.2 Å². The number of benzene rings is 1. The number of rotatable bonds is 3. The maximum Gasteiger partial charge on any atom is 0.248 e. The lowest BCUT2D eigenvalue weighted by molar-refractivity contribution is 0.0383. The van der Waals surface area contributed by atoms with Gasteiger partial charge in [0.1, 0.15) is 5.60 Å². The van der Waals surface area contributed by atoms with Crippen molar-refractivity contribution in [3.8, 4) is 0 Å². The van der Waals surface area contributed by atoms with Gasteiger partial charge in [0.05, 0.1) is 6.54 Å². The fourth-order valence-electron chi connectivity index (χ4n) is 4.06. The molecule has 136 valence electrons. The average molecular weight is 351 g/mol. The van der Waals surface area contributed by atoms with Gasteiger partial charge in [-0.15, -0.1) is 0 Å². The molecule has 26 heavy (non-hydrogen) atoms. The van der Waals surface area contributed by atoms with Crippen LogP contribution in [0.4, 0.5) is 0 Å². The van der Waals surface area contributed by atoms with E-state index in [-0.39, 0.29) is 5.56 Å². The number of H-pyrrole nitrogens is 1. The maximum atomic E-state index is 11.7. The molecule has 3 aromatic rings. The molecule has 5 nitrogen and oxygen atoms in total. The standard InChI is InChI=1S/C21H25N3O2/c1-14-4-5-18-16(10-14)17-12-23(3)9-7-19(17)24(18)13-21(2,26)15-6-8-22-20(25)11-15/h4-6,8,10-11,26H,7,9,12-13H2,1-3H3,(H,22,25). The number of fused-ring (bicyclic) bond motifs is 3. The molecule has 0 bridgehead atoms. The molecule has 0 spiro atoms. The normalized spacial score (nSPS) is 17.2. The molecule has 4 rings (SSSR count). The van der Waals surface area contributed by atoms with E-state index in [1.165, 1.54) is 28.3 Å².